The first-order valence-corrected chi connectivity index (χ1v) is 12.2. The molecule has 0 atom stereocenters. The van der Waals surface area contributed by atoms with Gasteiger partial charge in [-0.2, -0.15) is 0 Å². The molecular formula is C25H38F5NO. The average molecular weight is 464 g/mol. The zero-order valence-corrected chi connectivity index (χ0v) is 19.3. The second-order valence-electron chi connectivity index (χ2n) is 8.50. The van der Waals surface area contributed by atoms with Crippen LogP contribution in [-0.4, -0.2) is 12.5 Å². The van der Waals surface area contributed by atoms with Crippen molar-refractivity contribution < 1.29 is 26.7 Å². The third-order valence-electron chi connectivity index (χ3n) is 5.75. The van der Waals surface area contributed by atoms with E-state index in [-0.39, 0.29) is 6.54 Å². The summed E-state index contributed by atoms with van der Waals surface area (Å²) in [5.74, 6) is -12.0. The third kappa shape index (κ3) is 10.3. The Bertz CT molecular complexity index is 652. The van der Waals surface area contributed by atoms with Crippen molar-refractivity contribution >= 4 is 5.91 Å². The van der Waals surface area contributed by atoms with Gasteiger partial charge in [0.05, 0.1) is 0 Å². The van der Waals surface area contributed by atoms with Crippen molar-refractivity contribution in [1.29, 1.82) is 0 Å². The van der Waals surface area contributed by atoms with E-state index in [4.69, 9.17) is 0 Å². The topological polar surface area (TPSA) is 29.1 Å². The van der Waals surface area contributed by atoms with Crippen LogP contribution in [0, 0.1) is 29.1 Å². The highest BCUT2D eigenvalue weighted by Gasteiger charge is 2.29. The maximum atomic E-state index is 13.6. The van der Waals surface area contributed by atoms with Crippen molar-refractivity contribution in [3.05, 3.63) is 34.6 Å². The van der Waals surface area contributed by atoms with Crippen molar-refractivity contribution in [2.45, 2.75) is 110 Å². The summed E-state index contributed by atoms with van der Waals surface area (Å²) in [5.41, 5.74) is -1.43. The van der Waals surface area contributed by atoms with Gasteiger partial charge in [0.15, 0.2) is 23.3 Å². The summed E-state index contributed by atoms with van der Waals surface area (Å²) in [4.78, 5) is 11.8. The molecule has 0 saturated heterocycles. The number of carbonyl (C=O) groups excluding carboxylic acids is 1. The van der Waals surface area contributed by atoms with Gasteiger partial charge in [0.25, 0.3) is 5.91 Å². The Morgan fingerprint density at radius 3 is 1.22 bits per heavy atom. The van der Waals surface area contributed by atoms with Crippen LogP contribution in [0.1, 0.15) is 120 Å². The Kier molecular flexibility index (Phi) is 15.0. The molecule has 0 aromatic heterocycles. The minimum Gasteiger partial charge on any atom is -0.352 e. The zero-order chi connectivity index (χ0) is 23.8. The van der Waals surface area contributed by atoms with Gasteiger partial charge in [-0.05, 0) is 6.42 Å². The molecule has 0 radical (unpaired) electrons. The van der Waals surface area contributed by atoms with E-state index in [0.717, 1.165) is 25.7 Å². The minimum absolute atomic E-state index is 0.122. The van der Waals surface area contributed by atoms with Crippen LogP contribution in [0.3, 0.4) is 0 Å². The van der Waals surface area contributed by atoms with E-state index in [1.807, 2.05) is 0 Å². The summed E-state index contributed by atoms with van der Waals surface area (Å²) < 4.78 is 66.5. The van der Waals surface area contributed by atoms with Crippen LogP contribution >= 0.6 is 0 Å². The maximum absolute atomic E-state index is 13.6. The second-order valence-corrected chi connectivity index (χ2v) is 8.50. The third-order valence-corrected chi connectivity index (χ3v) is 5.75. The molecule has 7 heteroatoms. The van der Waals surface area contributed by atoms with Gasteiger partial charge in [-0.3, -0.25) is 4.79 Å². The lowest BCUT2D eigenvalue weighted by molar-refractivity contribution is 0.0941. The molecule has 1 rings (SSSR count). The van der Waals surface area contributed by atoms with E-state index >= 15 is 0 Å². The first-order chi connectivity index (χ1) is 15.4. The molecule has 184 valence electrons. The molecule has 1 N–H and O–H groups in total. The van der Waals surface area contributed by atoms with E-state index in [1.165, 1.54) is 70.6 Å². The quantitative estimate of drug-likeness (QED) is 0.101. The predicted octanol–water partition coefficient (Wildman–Crippen LogP) is 8.37. The van der Waals surface area contributed by atoms with Gasteiger partial charge in [-0.15, -0.1) is 0 Å². The molecule has 2 nitrogen and oxygen atoms in total. The fourth-order valence-corrected chi connectivity index (χ4v) is 3.77. The number of hydrogen-bond acceptors (Lipinski definition) is 1. The van der Waals surface area contributed by atoms with Crippen LogP contribution in [0.25, 0.3) is 0 Å². The standard InChI is InChI=1S/C25H38F5NO/c1-2-3-4-5-6-7-8-9-10-11-12-13-14-15-16-17-18-31-25(32)19-20(26)22(28)24(30)23(29)21(19)27/h2-18H2,1H3,(H,31,32). The van der Waals surface area contributed by atoms with Crippen molar-refractivity contribution in [1.82, 2.24) is 5.32 Å². The molecule has 0 aliphatic heterocycles. The van der Waals surface area contributed by atoms with Crippen LogP contribution < -0.4 is 5.32 Å². The van der Waals surface area contributed by atoms with Crippen LogP contribution in [-0.2, 0) is 0 Å². The molecule has 1 amide bonds. The van der Waals surface area contributed by atoms with Gasteiger partial charge >= 0.3 is 0 Å². The summed E-state index contributed by atoms with van der Waals surface area (Å²) >= 11 is 0. The predicted molar refractivity (Wildman–Crippen MR) is 118 cm³/mol. The molecule has 0 aliphatic carbocycles. The number of benzene rings is 1. The molecule has 0 fully saturated rings. The van der Waals surface area contributed by atoms with Gasteiger partial charge in [-0.1, -0.05) is 103 Å². The Morgan fingerprint density at radius 2 is 0.844 bits per heavy atom. The normalized spacial score (nSPS) is 11.2. The van der Waals surface area contributed by atoms with Crippen molar-refractivity contribution in [3.8, 4) is 0 Å². The summed E-state index contributed by atoms with van der Waals surface area (Å²) in [6.45, 7) is 2.36. The smallest absolute Gasteiger partial charge is 0.257 e. The van der Waals surface area contributed by atoms with Gasteiger partial charge in [-0.25, -0.2) is 22.0 Å². The highest BCUT2D eigenvalue weighted by atomic mass is 19.2. The Hall–Kier alpha value is -1.66. The van der Waals surface area contributed by atoms with Crippen LogP contribution in [0.2, 0.25) is 0 Å². The molecule has 0 spiro atoms. The number of carbonyl (C=O) groups is 1. The van der Waals surface area contributed by atoms with Crippen LogP contribution in [0.5, 0.6) is 0 Å². The summed E-state index contributed by atoms with van der Waals surface area (Å²) in [7, 11) is 0. The summed E-state index contributed by atoms with van der Waals surface area (Å²) in [6, 6.07) is 0. The monoisotopic (exact) mass is 463 g/mol. The van der Waals surface area contributed by atoms with Gasteiger partial charge < -0.3 is 5.32 Å². The summed E-state index contributed by atoms with van der Waals surface area (Å²) in [6.07, 6.45) is 19.2. The van der Waals surface area contributed by atoms with Crippen LogP contribution in [0.15, 0.2) is 0 Å². The minimum atomic E-state index is -2.27. The first-order valence-electron chi connectivity index (χ1n) is 12.2. The number of halogens is 5. The molecule has 1 aromatic rings. The summed E-state index contributed by atoms with van der Waals surface area (Å²) in [5, 5.41) is 2.23. The average Bonchev–Trinajstić information content (AvgIpc) is 2.78. The lowest BCUT2D eigenvalue weighted by atomic mass is 10.0. The van der Waals surface area contributed by atoms with Gasteiger partial charge in [0, 0.05) is 6.54 Å². The van der Waals surface area contributed by atoms with E-state index in [2.05, 4.69) is 12.2 Å². The fourth-order valence-electron chi connectivity index (χ4n) is 3.77. The largest absolute Gasteiger partial charge is 0.352 e. The van der Waals surface area contributed by atoms with Crippen LogP contribution in [0.4, 0.5) is 22.0 Å². The van der Waals surface area contributed by atoms with Gasteiger partial charge in [0.2, 0.25) is 5.82 Å². The van der Waals surface area contributed by atoms with Gasteiger partial charge in [0.1, 0.15) is 5.56 Å². The molecular weight excluding hydrogens is 425 g/mol. The zero-order valence-electron chi connectivity index (χ0n) is 19.3. The lowest BCUT2D eigenvalue weighted by Crippen LogP contribution is -2.28. The highest BCUT2D eigenvalue weighted by Crippen LogP contribution is 2.23. The second kappa shape index (κ2) is 16.9. The number of unbranched alkanes of at least 4 members (excludes halogenated alkanes) is 15. The van der Waals surface area contributed by atoms with Crippen molar-refractivity contribution in [2.75, 3.05) is 6.54 Å². The number of rotatable bonds is 18. The molecule has 32 heavy (non-hydrogen) atoms. The first kappa shape index (κ1) is 28.4. The van der Waals surface area contributed by atoms with Crippen molar-refractivity contribution in [2.24, 2.45) is 0 Å². The number of amides is 1. The fraction of sp³-hybridized carbons (Fsp3) is 0.720. The number of nitrogens with one attached hydrogen (secondary N) is 1. The molecule has 0 bridgehead atoms. The SMILES string of the molecule is CCCCCCCCCCCCCCCCCCNC(=O)c1c(F)c(F)c(F)c(F)c1F. The Balaban J connectivity index is 2.01. The maximum Gasteiger partial charge on any atom is 0.257 e. The lowest BCUT2D eigenvalue weighted by Gasteiger charge is -2.09. The van der Waals surface area contributed by atoms with E-state index < -0.39 is 40.6 Å². The Labute approximate surface area is 189 Å². The molecule has 0 unspecified atom stereocenters. The molecule has 0 aliphatic rings. The van der Waals surface area contributed by atoms with E-state index in [9.17, 15) is 26.7 Å². The number of hydrogen-bond donors (Lipinski definition) is 1. The van der Waals surface area contributed by atoms with E-state index in [1.54, 1.807) is 0 Å². The van der Waals surface area contributed by atoms with E-state index in [0.29, 0.717) is 6.42 Å². The van der Waals surface area contributed by atoms with Crippen molar-refractivity contribution in [3.63, 3.8) is 0 Å². The molecule has 0 heterocycles. The Morgan fingerprint density at radius 1 is 0.531 bits per heavy atom. The molecule has 1 aromatic carbocycles. The molecule has 0 saturated carbocycles. The highest BCUT2D eigenvalue weighted by molar-refractivity contribution is 5.94.